The highest BCUT2D eigenvalue weighted by atomic mass is 32.1. The molecule has 0 amide bonds. The zero-order valence-corrected chi connectivity index (χ0v) is 11.1. The van der Waals surface area contributed by atoms with E-state index in [1.54, 1.807) is 13.8 Å². The van der Waals surface area contributed by atoms with Crippen molar-refractivity contribution in [3.8, 4) is 0 Å². The molecule has 0 spiro atoms. The van der Waals surface area contributed by atoms with Crippen LogP contribution >= 0.6 is 12.6 Å². The Bertz CT molecular complexity index is 322. The first-order valence-electron chi connectivity index (χ1n) is 4.84. The molecule has 0 aromatic rings. The standard InChI is InChI=1S/C5H11NO2S.C4H6O6/c1-5(2,9)3(6)4(7)8;5-1(3(7)8)2(6)4(9)10/h3,9H,6H2,1-2H3,(H,7,8);1-2,5-6H,(H,7,8)(H,9,10). The van der Waals surface area contributed by atoms with Crippen LogP contribution in [0.2, 0.25) is 0 Å². The van der Waals surface area contributed by atoms with Crippen molar-refractivity contribution in [1.29, 1.82) is 0 Å². The van der Waals surface area contributed by atoms with Gasteiger partial charge in [0, 0.05) is 4.75 Å². The number of carboxylic acid groups (broad SMARTS) is 3. The molecule has 3 atom stereocenters. The Hall–Kier alpha value is -1.36. The summed E-state index contributed by atoms with van der Waals surface area (Å²) in [6.07, 6.45) is -4.53. The van der Waals surface area contributed by atoms with Crippen LogP contribution in [0.5, 0.6) is 0 Å². The number of nitrogens with two attached hydrogens (primary N) is 1. The zero-order valence-electron chi connectivity index (χ0n) is 10.2. The number of aliphatic hydroxyl groups excluding tert-OH is 2. The Balaban J connectivity index is 0. The van der Waals surface area contributed by atoms with Crippen LogP contribution in [0.4, 0.5) is 0 Å². The van der Waals surface area contributed by atoms with Crippen molar-refractivity contribution in [1.82, 2.24) is 0 Å². The van der Waals surface area contributed by atoms with Crippen LogP contribution in [-0.4, -0.2) is 66.4 Å². The van der Waals surface area contributed by atoms with Crippen LogP contribution in [0.3, 0.4) is 0 Å². The van der Waals surface area contributed by atoms with Gasteiger partial charge in [-0.1, -0.05) is 0 Å². The molecule has 0 aromatic heterocycles. The summed E-state index contributed by atoms with van der Waals surface area (Å²) in [4.78, 5) is 29.7. The first-order chi connectivity index (χ1) is 8.32. The van der Waals surface area contributed by atoms with Gasteiger partial charge in [0.1, 0.15) is 6.04 Å². The van der Waals surface area contributed by atoms with E-state index in [2.05, 4.69) is 12.6 Å². The first kappa shape index (κ1) is 20.0. The first-order valence-corrected chi connectivity index (χ1v) is 5.29. The van der Waals surface area contributed by atoms with Crippen molar-refractivity contribution < 1.29 is 39.9 Å². The highest BCUT2D eigenvalue weighted by Crippen LogP contribution is 2.15. The molecule has 7 N–H and O–H groups in total. The molecule has 19 heavy (non-hydrogen) atoms. The summed E-state index contributed by atoms with van der Waals surface area (Å²) in [7, 11) is 0. The Labute approximate surface area is 114 Å². The number of aliphatic carboxylic acids is 3. The number of aliphatic hydroxyl groups is 2. The summed E-state index contributed by atoms with van der Waals surface area (Å²) in [5, 5.41) is 40.9. The Morgan fingerprint density at radius 1 is 0.947 bits per heavy atom. The number of hydrogen-bond acceptors (Lipinski definition) is 7. The van der Waals surface area contributed by atoms with Crippen molar-refractivity contribution in [2.75, 3.05) is 0 Å². The summed E-state index contributed by atoms with van der Waals surface area (Å²) >= 11 is 3.98. The number of thiol groups is 1. The number of carboxylic acids is 3. The van der Waals surface area contributed by atoms with Gasteiger partial charge in [-0.3, -0.25) is 4.79 Å². The molecular formula is C9H17NO8S. The zero-order chi connectivity index (χ0) is 16.0. The van der Waals surface area contributed by atoms with E-state index in [0.29, 0.717) is 0 Å². The van der Waals surface area contributed by atoms with Gasteiger partial charge in [-0.2, -0.15) is 12.6 Å². The molecule has 0 heterocycles. The van der Waals surface area contributed by atoms with Crippen LogP contribution < -0.4 is 5.73 Å². The molecule has 9 nitrogen and oxygen atoms in total. The van der Waals surface area contributed by atoms with Gasteiger partial charge >= 0.3 is 17.9 Å². The number of carbonyl (C=O) groups is 3. The smallest absolute Gasteiger partial charge is 0.335 e. The maximum Gasteiger partial charge on any atom is 0.335 e. The summed E-state index contributed by atoms with van der Waals surface area (Å²) in [6, 6.07) is -0.902. The fourth-order valence-electron chi connectivity index (χ4n) is 0.572. The molecule has 0 aromatic carbocycles. The van der Waals surface area contributed by atoms with E-state index in [-0.39, 0.29) is 0 Å². The van der Waals surface area contributed by atoms with Gasteiger partial charge in [-0.05, 0) is 13.8 Å². The molecule has 0 aliphatic carbocycles. The highest BCUT2D eigenvalue weighted by Gasteiger charge is 2.29. The fourth-order valence-corrected chi connectivity index (χ4v) is 0.683. The van der Waals surface area contributed by atoms with Gasteiger partial charge in [-0.25, -0.2) is 9.59 Å². The number of hydrogen-bond donors (Lipinski definition) is 7. The van der Waals surface area contributed by atoms with Crippen molar-refractivity contribution >= 4 is 30.5 Å². The molecule has 0 saturated carbocycles. The van der Waals surface area contributed by atoms with E-state index in [1.165, 1.54) is 0 Å². The second-order valence-electron chi connectivity index (χ2n) is 4.04. The Morgan fingerprint density at radius 3 is 1.26 bits per heavy atom. The van der Waals surface area contributed by atoms with E-state index in [0.717, 1.165) is 0 Å². The van der Waals surface area contributed by atoms with E-state index in [1.807, 2.05) is 0 Å². The largest absolute Gasteiger partial charge is 0.480 e. The van der Waals surface area contributed by atoms with Gasteiger partial charge in [0.25, 0.3) is 0 Å². The van der Waals surface area contributed by atoms with Crippen LogP contribution in [0, 0.1) is 0 Å². The van der Waals surface area contributed by atoms with Crippen LogP contribution in [0.15, 0.2) is 0 Å². The van der Waals surface area contributed by atoms with E-state index < -0.39 is 40.9 Å². The molecular weight excluding hydrogens is 282 g/mol. The average Bonchev–Trinajstić information content (AvgIpc) is 2.25. The van der Waals surface area contributed by atoms with Gasteiger partial charge in [-0.15, -0.1) is 0 Å². The lowest BCUT2D eigenvalue weighted by atomic mass is 10.1. The third kappa shape index (κ3) is 8.37. The monoisotopic (exact) mass is 299 g/mol. The third-order valence-corrected chi connectivity index (χ3v) is 2.11. The molecule has 112 valence electrons. The molecule has 0 fully saturated rings. The van der Waals surface area contributed by atoms with Gasteiger partial charge < -0.3 is 31.3 Å². The SMILES string of the molecule is CC(C)(S)C(N)C(=O)O.O=C(O)C(O)C(O)C(=O)O. The predicted octanol–water partition coefficient (Wildman–Crippen LogP) is -2.02. The van der Waals surface area contributed by atoms with Crippen LogP contribution in [0.1, 0.15) is 13.8 Å². The lowest BCUT2D eigenvalue weighted by Crippen LogP contribution is -2.45. The summed E-state index contributed by atoms with van der Waals surface area (Å²) in [5.41, 5.74) is 5.22. The molecule has 0 aliphatic heterocycles. The molecule has 0 rings (SSSR count). The second kappa shape index (κ2) is 7.94. The topological polar surface area (TPSA) is 178 Å². The minimum Gasteiger partial charge on any atom is -0.480 e. The molecule has 0 radical (unpaired) electrons. The van der Waals surface area contributed by atoms with Crippen molar-refractivity contribution in [2.24, 2.45) is 5.73 Å². The molecule has 0 aliphatic rings. The van der Waals surface area contributed by atoms with Crippen LogP contribution in [0.25, 0.3) is 0 Å². The number of rotatable bonds is 5. The fraction of sp³-hybridized carbons (Fsp3) is 0.667. The van der Waals surface area contributed by atoms with Gasteiger partial charge in [0.2, 0.25) is 0 Å². The van der Waals surface area contributed by atoms with E-state index in [4.69, 9.17) is 31.3 Å². The maximum atomic E-state index is 10.2. The molecule has 10 heteroatoms. The average molecular weight is 299 g/mol. The van der Waals surface area contributed by atoms with Gasteiger partial charge in [0.15, 0.2) is 12.2 Å². The minimum atomic E-state index is -2.27. The molecule has 3 unspecified atom stereocenters. The maximum absolute atomic E-state index is 10.2. The normalized spacial score (nSPS) is 15.5. The van der Waals surface area contributed by atoms with Crippen molar-refractivity contribution in [3.05, 3.63) is 0 Å². The molecule has 0 bridgehead atoms. The Morgan fingerprint density at radius 2 is 1.21 bits per heavy atom. The second-order valence-corrected chi connectivity index (χ2v) is 5.19. The van der Waals surface area contributed by atoms with Crippen molar-refractivity contribution in [3.63, 3.8) is 0 Å². The molecule has 0 saturated heterocycles. The van der Waals surface area contributed by atoms with Crippen LogP contribution in [-0.2, 0) is 14.4 Å². The summed E-state index contributed by atoms with van der Waals surface area (Å²) in [5.74, 6) is -4.56. The minimum absolute atomic E-state index is 0.647. The third-order valence-electron chi connectivity index (χ3n) is 1.83. The summed E-state index contributed by atoms with van der Waals surface area (Å²) < 4.78 is -0.647. The lowest BCUT2D eigenvalue weighted by Gasteiger charge is -2.21. The lowest BCUT2D eigenvalue weighted by molar-refractivity contribution is -0.165. The summed E-state index contributed by atoms with van der Waals surface area (Å²) in [6.45, 7) is 3.32. The van der Waals surface area contributed by atoms with Gasteiger partial charge in [0.05, 0.1) is 0 Å². The van der Waals surface area contributed by atoms with Crippen molar-refractivity contribution in [2.45, 2.75) is 36.8 Å². The predicted molar refractivity (Wildman–Crippen MR) is 66.0 cm³/mol. The van der Waals surface area contributed by atoms with E-state index in [9.17, 15) is 14.4 Å². The Kier molecular flexibility index (Phi) is 8.35. The quantitative estimate of drug-likeness (QED) is 0.282. The highest BCUT2D eigenvalue weighted by molar-refractivity contribution is 7.81. The van der Waals surface area contributed by atoms with E-state index >= 15 is 0 Å².